The molecule has 114 valence electrons. The molecule has 1 N–H and O–H groups in total. The standard InChI is InChI=1S/C15H23F2NOS/c1-4-20-6-5-19-15-13(16)7-12(8-14(15)17)10-18-9-11(2)3/h7-8,11,18H,4-6,9-10H2,1-3H3. The van der Waals surface area contributed by atoms with E-state index in [0.29, 0.717) is 24.6 Å². The van der Waals surface area contributed by atoms with Gasteiger partial charge in [0.25, 0.3) is 0 Å². The summed E-state index contributed by atoms with van der Waals surface area (Å²) in [5.41, 5.74) is 0.593. The molecule has 2 nitrogen and oxygen atoms in total. The minimum absolute atomic E-state index is 0.269. The summed E-state index contributed by atoms with van der Waals surface area (Å²) in [7, 11) is 0. The molecule has 0 amide bonds. The smallest absolute Gasteiger partial charge is 0.190 e. The van der Waals surface area contributed by atoms with Crippen LogP contribution in [0.3, 0.4) is 0 Å². The van der Waals surface area contributed by atoms with E-state index in [1.165, 1.54) is 12.1 Å². The highest BCUT2D eigenvalue weighted by molar-refractivity contribution is 7.99. The Morgan fingerprint density at radius 2 is 1.90 bits per heavy atom. The van der Waals surface area contributed by atoms with Crippen molar-refractivity contribution in [1.29, 1.82) is 0 Å². The summed E-state index contributed by atoms with van der Waals surface area (Å²) in [6.07, 6.45) is 0. The van der Waals surface area contributed by atoms with Gasteiger partial charge < -0.3 is 10.1 Å². The van der Waals surface area contributed by atoms with E-state index in [4.69, 9.17) is 4.74 Å². The highest BCUT2D eigenvalue weighted by atomic mass is 32.2. The van der Waals surface area contributed by atoms with Crippen LogP contribution in [0.5, 0.6) is 5.75 Å². The van der Waals surface area contributed by atoms with Crippen molar-refractivity contribution in [2.24, 2.45) is 5.92 Å². The lowest BCUT2D eigenvalue weighted by atomic mass is 10.1. The van der Waals surface area contributed by atoms with Crippen molar-refractivity contribution < 1.29 is 13.5 Å². The second-order valence-electron chi connectivity index (χ2n) is 4.96. The number of nitrogens with one attached hydrogen (secondary N) is 1. The Hall–Kier alpha value is -0.810. The van der Waals surface area contributed by atoms with Crippen LogP contribution in [-0.2, 0) is 6.54 Å². The third-order valence-corrected chi connectivity index (χ3v) is 3.48. The maximum absolute atomic E-state index is 13.8. The molecule has 0 aliphatic heterocycles. The van der Waals surface area contributed by atoms with Gasteiger partial charge in [-0.1, -0.05) is 20.8 Å². The molecule has 1 rings (SSSR count). The van der Waals surface area contributed by atoms with Gasteiger partial charge in [-0.05, 0) is 35.9 Å². The fourth-order valence-corrected chi connectivity index (χ4v) is 2.19. The Balaban J connectivity index is 2.56. The van der Waals surface area contributed by atoms with E-state index >= 15 is 0 Å². The number of hydrogen-bond donors (Lipinski definition) is 1. The summed E-state index contributed by atoms with van der Waals surface area (Å²) >= 11 is 1.68. The van der Waals surface area contributed by atoms with Crippen LogP contribution in [0.2, 0.25) is 0 Å². The Labute approximate surface area is 124 Å². The Kier molecular flexibility index (Phi) is 7.92. The van der Waals surface area contributed by atoms with Crippen molar-refractivity contribution in [2.75, 3.05) is 24.7 Å². The number of halogens is 2. The molecule has 0 atom stereocenters. The van der Waals surface area contributed by atoms with Crippen molar-refractivity contribution in [3.8, 4) is 5.75 Å². The lowest BCUT2D eigenvalue weighted by Gasteiger charge is -2.11. The molecule has 0 aliphatic carbocycles. The first-order valence-electron chi connectivity index (χ1n) is 6.93. The lowest BCUT2D eigenvalue weighted by molar-refractivity contribution is 0.305. The molecule has 0 bridgehead atoms. The first kappa shape index (κ1) is 17.2. The Morgan fingerprint density at radius 3 is 2.45 bits per heavy atom. The summed E-state index contributed by atoms with van der Waals surface area (Å²) in [6, 6.07) is 2.66. The molecule has 0 radical (unpaired) electrons. The zero-order valence-electron chi connectivity index (χ0n) is 12.3. The van der Waals surface area contributed by atoms with E-state index in [-0.39, 0.29) is 5.75 Å². The third kappa shape index (κ3) is 6.09. The number of ether oxygens (including phenoxy) is 1. The fraction of sp³-hybridized carbons (Fsp3) is 0.600. The Morgan fingerprint density at radius 1 is 1.25 bits per heavy atom. The minimum atomic E-state index is -0.632. The van der Waals surface area contributed by atoms with Gasteiger partial charge in [0.05, 0.1) is 6.61 Å². The third-order valence-electron chi connectivity index (χ3n) is 2.62. The van der Waals surface area contributed by atoms with Crippen LogP contribution in [0.15, 0.2) is 12.1 Å². The molecule has 0 saturated heterocycles. The van der Waals surface area contributed by atoms with Crippen molar-refractivity contribution in [1.82, 2.24) is 5.32 Å². The number of thioether (sulfide) groups is 1. The van der Waals surface area contributed by atoms with E-state index < -0.39 is 11.6 Å². The van der Waals surface area contributed by atoms with Crippen molar-refractivity contribution in [3.05, 3.63) is 29.3 Å². The normalized spacial score (nSPS) is 11.1. The second kappa shape index (κ2) is 9.19. The Bertz CT molecular complexity index is 390. The predicted octanol–water partition coefficient (Wildman–Crippen LogP) is 3.84. The SMILES string of the molecule is CCSCCOc1c(F)cc(CNCC(C)C)cc1F. The van der Waals surface area contributed by atoms with E-state index in [2.05, 4.69) is 19.2 Å². The van der Waals surface area contributed by atoms with Gasteiger partial charge in [0, 0.05) is 12.3 Å². The summed E-state index contributed by atoms with van der Waals surface area (Å²) in [5, 5.41) is 3.16. The largest absolute Gasteiger partial charge is 0.487 e. The molecule has 0 unspecified atom stereocenters. The molecule has 0 heterocycles. The maximum atomic E-state index is 13.8. The fourth-order valence-electron chi connectivity index (χ4n) is 1.70. The predicted molar refractivity (Wildman–Crippen MR) is 81.4 cm³/mol. The van der Waals surface area contributed by atoms with Gasteiger partial charge in [-0.2, -0.15) is 11.8 Å². The first-order valence-corrected chi connectivity index (χ1v) is 8.09. The quantitative estimate of drug-likeness (QED) is 0.700. The molecular formula is C15H23F2NOS. The zero-order chi connectivity index (χ0) is 15.0. The molecule has 0 aromatic heterocycles. The molecular weight excluding hydrogens is 280 g/mol. The van der Waals surface area contributed by atoms with Crippen LogP contribution in [0.4, 0.5) is 8.78 Å². The molecule has 1 aromatic rings. The molecule has 20 heavy (non-hydrogen) atoms. The van der Waals surface area contributed by atoms with Gasteiger partial charge in [-0.25, -0.2) is 8.78 Å². The van der Waals surface area contributed by atoms with Gasteiger partial charge in [-0.3, -0.25) is 0 Å². The molecule has 0 spiro atoms. The van der Waals surface area contributed by atoms with Crippen LogP contribution in [0, 0.1) is 17.6 Å². The van der Waals surface area contributed by atoms with Crippen LogP contribution >= 0.6 is 11.8 Å². The molecule has 0 fully saturated rings. The number of hydrogen-bond acceptors (Lipinski definition) is 3. The van der Waals surface area contributed by atoms with Gasteiger partial charge in [-0.15, -0.1) is 0 Å². The van der Waals surface area contributed by atoms with Crippen LogP contribution in [-0.4, -0.2) is 24.7 Å². The van der Waals surface area contributed by atoms with Crippen molar-refractivity contribution in [2.45, 2.75) is 27.3 Å². The van der Waals surface area contributed by atoms with Crippen LogP contribution < -0.4 is 10.1 Å². The summed E-state index contributed by atoms with van der Waals surface area (Å²) < 4.78 is 32.8. The average Bonchev–Trinajstić information content (AvgIpc) is 2.36. The topological polar surface area (TPSA) is 21.3 Å². The molecule has 0 aliphatic rings. The molecule has 1 aromatic carbocycles. The van der Waals surface area contributed by atoms with Gasteiger partial charge in [0.1, 0.15) is 0 Å². The van der Waals surface area contributed by atoms with Crippen LogP contribution in [0.25, 0.3) is 0 Å². The highest BCUT2D eigenvalue weighted by Gasteiger charge is 2.12. The number of rotatable bonds is 9. The monoisotopic (exact) mass is 303 g/mol. The van der Waals surface area contributed by atoms with Crippen molar-refractivity contribution in [3.63, 3.8) is 0 Å². The van der Waals surface area contributed by atoms with Gasteiger partial charge in [0.15, 0.2) is 17.4 Å². The van der Waals surface area contributed by atoms with E-state index in [0.717, 1.165) is 18.1 Å². The van der Waals surface area contributed by atoms with E-state index in [9.17, 15) is 8.78 Å². The maximum Gasteiger partial charge on any atom is 0.190 e. The zero-order valence-corrected chi connectivity index (χ0v) is 13.2. The van der Waals surface area contributed by atoms with E-state index in [1.807, 2.05) is 6.92 Å². The molecule has 5 heteroatoms. The average molecular weight is 303 g/mol. The lowest BCUT2D eigenvalue weighted by Crippen LogP contribution is -2.19. The van der Waals surface area contributed by atoms with Gasteiger partial charge in [0.2, 0.25) is 0 Å². The van der Waals surface area contributed by atoms with Gasteiger partial charge >= 0.3 is 0 Å². The van der Waals surface area contributed by atoms with Crippen molar-refractivity contribution >= 4 is 11.8 Å². The highest BCUT2D eigenvalue weighted by Crippen LogP contribution is 2.23. The van der Waals surface area contributed by atoms with Crippen LogP contribution in [0.1, 0.15) is 26.3 Å². The first-order chi connectivity index (χ1) is 9.54. The minimum Gasteiger partial charge on any atom is -0.487 e. The summed E-state index contributed by atoms with van der Waals surface area (Å²) in [5.74, 6) is 0.667. The second-order valence-corrected chi connectivity index (χ2v) is 6.35. The summed E-state index contributed by atoms with van der Waals surface area (Å²) in [6.45, 7) is 7.79. The molecule has 0 saturated carbocycles. The number of benzene rings is 1. The van der Waals surface area contributed by atoms with E-state index in [1.54, 1.807) is 11.8 Å². The summed E-state index contributed by atoms with van der Waals surface area (Å²) in [4.78, 5) is 0.